The Morgan fingerprint density at radius 3 is 2.87 bits per heavy atom. The smallest absolute Gasteiger partial charge is 0.0613 e. The number of hydrogen-bond acceptors (Lipinski definition) is 3. The van der Waals surface area contributed by atoms with E-state index in [1.807, 2.05) is 0 Å². The zero-order chi connectivity index (χ0) is 10.7. The first-order valence-electron chi connectivity index (χ1n) is 6.28. The minimum Gasteiger partial charge on any atom is -0.394 e. The Morgan fingerprint density at radius 1 is 1.47 bits per heavy atom. The maximum absolute atomic E-state index is 9.59. The van der Waals surface area contributed by atoms with Gasteiger partial charge >= 0.3 is 0 Å². The average Bonchev–Trinajstić information content (AvgIpc) is 2.65. The molecule has 0 radical (unpaired) electrons. The molecule has 88 valence electrons. The van der Waals surface area contributed by atoms with E-state index in [-0.39, 0.29) is 5.54 Å². The maximum atomic E-state index is 9.59. The number of rotatable bonds is 3. The van der Waals surface area contributed by atoms with Gasteiger partial charge in [0.25, 0.3) is 0 Å². The summed E-state index contributed by atoms with van der Waals surface area (Å²) in [5.41, 5.74) is 0.0497. The molecule has 2 N–H and O–H groups in total. The lowest BCUT2D eigenvalue weighted by Crippen LogP contribution is -2.52. The van der Waals surface area contributed by atoms with Crippen molar-refractivity contribution in [3.63, 3.8) is 0 Å². The standard InChI is InChI=1S/C12H24N2O/c1-14-7-4-11(9-14)8-12(10-15)5-2-3-6-13-12/h11,13,15H,2-10H2,1H3. The van der Waals surface area contributed by atoms with Crippen LogP contribution in [0.3, 0.4) is 0 Å². The molecule has 0 amide bonds. The van der Waals surface area contributed by atoms with Crippen molar-refractivity contribution in [1.29, 1.82) is 0 Å². The summed E-state index contributed by atoms with van der Waals surface area (Å²) in [5, 5.41) is 13.1. The molecule has 0 aromatic carbocycles. The molecule has 0 aromatic rings. The molecule has 3 nitrogen and oxygen atoms in total. The fourth-order valence-electron chi connectivity index (χ4n) is 3.15. The van der Waals surface area contributed by atoms with E-state index in [1.54, 1.807) is 0 Å². The van der Waals surface area contributed by atoms with Crippen molar-refractivity contribution in [2.75, 3.05) is 33.3 Å². The second kappa shape index (κ2) is 4.81. The van der Waals surface area contributed by atoms with E-state index in [0.717, 1.165) is 25.3 Å². The topological polar surface area (TPSA) is 35.5 Å². The predicted octanol–water partition coefficient (Wildman–Crippen LogP) is 0.833. The van der Waals surface area contributed by atoms with Gasteiger partial charge in [-0.1, -0.05) is 6.42 Å². The van der Waals surface area contributed by atoms with Crippen LogP contribution >= 0.6 is 0 Å². The molecule has 0 saturated carbocycles. The maximum Gasteiger partial charge on any atom is 0.0613 e. The monoisotopic (exact) mass is 212 g/mol. The van der Waals surface area contributed by atoms with Crippen LogP contribution in [-0.4, -0.2) is 48.8 Å². The highest BCUT2D eigenvalue weighted by Crippen LogP contribution is 2.30. The van der Waals surface area contributed by atoms with Gasteiger partial charge in [0.2, 0.25) is 0 Å². The normalized spacial score (nSPS) is 38.4. The second-order valence-electron chi connectivity index (χ2n) is 5.44. The van der Waals surface area contributed by atoms with E-state index in [4.69, 9.17) is 0 Å². The van der Waals surface area contributed by atoms with Crippen LogP contribution in [0.5, 0.6) is 0 Å². The van der Waals surface area contributed by atoms with Gasteiger partial charge in [-0.15, -0.1) is 0 Å². The number of aliphatic hydroxyl groups is 1. The molecular formula is C12H24N2O. The van der Waals surface area contributed by atoms with E-state index < -0.39 is 0 Å². The van der Waals surface area contributed by atoms with Crippen molar-refractivity contribution in [1.82, 2.24) is 10.2 Å². The van der Waals surface area contributed by atoms with Crippen molar-refractivity contribution >= 4 is 0 Å². The van der Waals surface area contributed by atoms with Crippen molar-refractivity contribution in [3.05, 3.63) is 0 Å². The van der Waals surface area contributed by atoms with Gasteiger partial charge in [-0.3, -0.25) is 0 Å². The van der Waals surface area contributed by atoms with Gasteiger partial charge in [0.1, 0.15) is 0 Å². The van der Waals surface area contributed by atoms with E-state index in [1.165, 1.54) is 32.4 Å². The second-order valence-corrected chi connectivity index (χ2v) is 5.44. The SMILES string of the molecule is CN1CCC(CC2(CO)CCCCN2)C1. The van der Waals surface area contributed by atoms with Gasteiger partial charge in [-0.2, -0.15) is 0 Å². The van der Waals surface area contributed by atoms with Gasteiger partial charge in [-0.05, 0) is 51.7 Å². The van der Waals surface area contributed by atoms with Crippen LogP contribution in [0.1, 0.15) is 32.1 Å². The summed E-state index contributed by atoms with van der Waals surface area (Å²) in [6.07, 6.45) is 6.17. The van der Waals surface area contributed by atoms with E-state index in [9.17, 15) is 5.11 Å². The van der Waals surface area contributed by atoms with Crippen molar-refractivity contribution in [2.24, 2.45) is 5.92 Å². The van der Waals surface area contributed by atoms with Crippen LogP contribution in [0.2, 0.25) is 0 Å². The summed E-state index contributed by atoms with van der Waals surface area (Å²) in [6, 6.07) is 0. The average molecular weight is 212 g/mol. The first-order valence-corrected chi connectivity index (χ1v) is 6.28. The molecule has 3 heteroatoms. The first kappa shape index (κ1) is 11.4. The number of nitrogens with zero attached hydrogens (tertiary/aromatic N) is 1. The van der Waals surface area contributed by atoms with Crippen LogP contribution in [0.25, 0.3) is 0 Å². The molecule has 15 heavy (non-hydrogen) atoms. The molecular weight excluding hydrogens is 188 g/mol. The van der Waals surface area contributed by atoms with Crippen molar-refractivity contribution in [2.45, 2.75) is 37.6 Å². The first-order chi connectivity index (χ1) is 7.24. The quantitative estimate of drug-likeness (QED) is 0.727. The Bertz CT molecular complexity index is 202. The van der Waals surface area contributed by atoms with Gasteiger partial charge < -0.3 is 15.3 Å². The highest BCUT2D eigenvalue weighted by atomic mass is 16.3. The Kier molecular flexibility index (Phi) is 3.65. The molecule has 2 aliphatic heterocycles. The lowest BCUT2D eigenvalue weighted by atomic mass is 9.81. The molecule has 0 bridgehead atoms. The zero-order valence-corrected chi connectivity index (χ0v) is 9.84. The van der Waals surface area contributed by atoms with E-state index in [0.29, 0.717) is 6.61 Å². The molecule has 2 rings (SSSR count). The highest BCUT2D eigenvalue weighted by Gasteiger charge is 2.35. The Labute approximate surface area is 92.8 Å². The fourth-order valence-corrected chi connectivity index (χ4v) is 3.15. The summed E-state index contributed by atoms with van der Waals surface area (Å²) in [7, 11) is 2.19. The van der Waals surface area contributed by atoms with Crippen LogP contribution < -0.4 is 5.32 Å². The van der Waals surface area contributed by atoms with Gasteiger partial charge in [0, 0.05) is 12.1 Å². The zero-order valence-electron chi connectivity index (χ0n) is 9.84. The van der Waals surface area contributed by atoms with E-state index >= 15 is 0 Å². The third-order valence-electron chi connectivity index (χ3n) is 4.05. The van der Waals surface area contributed by atoms with Crippen LogP contribution in [0.15, 0.2) is 0 Å². The van der Waals surface area contributed by atoms with Gasteiger partial charge in [0.15, 0.2) is 0 Å². The van der Waals surface area contributed by atoms with Crippen LogP contribution in [-0.2, 0) is 0 Å². The largest absolute Gasteiger partial charge is 0.394 e. The summed E-state index contributed by atoms with van der Waals surface area (Å²) >= 11 is 0. The Hall–Kier alpha value is -0.120. The molecule has 2 saturated heterocycles. The number of hydrogen-bond donors (Lipinski definition) is 2. The fraction of sp³-hybridized carbons (Fsp3) is 1.00. The summed E-state index contributed by atoms with van der Waals surface area (Å²) in [6.45, 7) is 3.84. The van der Waals surface area contributed by atoms with Crippen LogP contribution in [0.4, 0.5) is 0 Å². The number of nitrogens with one attached hydrogen (secondary N) is 1. The minimum absolute atomic E-state index is 0.0497. The summed E-state index contributed by atoms with van der Waals surface area (Å²) in [5.74, 6) is 0.785. The van der Waals surface area contributed by atoms with E-state index in [2.05, 4.69) is 17.3 Å². The summed E-state index contributed by atoms with van der Waals surface area (Å²) < 4.78 is 0. The Balaban J connectivity index is 1.89. The minimum atomic E-state index is 0.0497. The van der Waals surface area contributed by atoms with Crippen LogP contribution in [0, 0.1) is 5.92 Å². The molecule has 0 spiro atoms. The lowest BCUT2D eigenvalue weighted by molar-refractivity contribution is 0.107. The third-order valence-corrected chi connectivity index (χ3v) is 4.05. The summed E-state index contributed by atoms with van der Waals surface area (Å²) in [4.78, 5) is 2.40. The lowest BCUT2D eigenvalue weighted by Gasteiger charge is -2.38. The predicted molar refractivity (Wildman–Crippen MR) is 61.9 cm³/mol. The third kappa shape index (κ3) is 2.71. The molecule has 0 aromatic heterocycles. The Morgan fingerprint density at radius 2 is 2.33 bits per heavy atom. The molecule has 0 aliphatic carbocycles. The van der Waals surface area contributed by atoms with Gasteiger partial charge in [-0.25, -0.2) is 0 Å². The highest BCUT2D eigenvalue weighted by molar-refractivity contribution is 4.93. The molecule has 2 fully saturated rings. The molecule has 2 unspecified atom stereocenters. The van der Waals surface area contributed by atoms with Gasteiger partial charge in [0.05, 0.1) is 6.61 Å². The number of likely N-dealkylation sites (tertiary alicyclic amines) is 1. The molecule has 2 atom stereocenters. The number of aliphatic hydroxyl groups excluding tert-OH is 1. The van der Waals surface area contributed by atoms with Crippen molar-refractivity contribution < 1.29 is 5.11 Å². The number of piperidine rings is 1. The molecule has 2 aliphatic rings. The van der Waals surface area contributed by atoms with Crippen molar-refractivity contribution in [3.8, 4) is 0 Å². The molecule has 2 heterocycles.